The van der Waals surface area contributed by atoms with Crippen molar-refractivity contribution >= 4 is 35.8 Å². The van der Waals surface area contributed by atoms with Gasteiger partial charge in [-0.1, -0.05) is 13.8 Å². The quantitative estimate of drug-likeness (QED) is 0.302. The number of nitrogens with one attached hydrogen (secondary N) is 2. The van der Waals surface area contributed by atoms with Crippen molar-refractivity contribution in [2.45, 2.75) is 45.6 Å². The van der Waals surface area contributed by atoms with Crippen molar-refractivity contribution in [1.82, 2.24) is 25.3 Å². The van der Waals surface area contributed by atoms with Gasteiger partial charge < -0.3 is 20.4 Å². The molecule has 1 aliphatic carbocycles. The molecule has 8 heteroatoms. The summed E-state index contributed by atoms with van der Waals surface area (Å²) < 4.78 is 0. The largest absolute Gasteiger partial charge is 0.356 e. The van der Waals surface area contributed by atoms with Gasteiger partial charge in [-0.3, -0.25) is 14.7 Å². The van der Waals surface area contributed by atoms with Gasteiger partial charge in [0.05, 0.1) is 6.54 Å². The molecule has 0 spiro atoms. The van der Waals surface area contributed by atoms with Gasteiger partial charge in [0.25, 0.3) is 0 Å². The molecular weight excluding hydrogens is 479 g/mol. The predicted octanol–water partition coefficient (Wildman–Crippen LogP) is 1.44. The van der Waals surface area contributed by atoms with E-state index in [1.165, 1.54) is 32.5 Å². The Hall–Kier alpha value is -0.610. The number of hydrogen-bond acceptors (Lipinski definition) is 4. The number of carbonyl (C=O) groups excluding carboxylic acids is 1. The van der Waals surface area contributed by atoms with Gasteiger partial charge in [0.1, 0.15) is 0 Å². The van der Waals surface area contributed by atoms with Gasteiger partial charge in [-0.05, 0) is 44.1 Å². The Labute approximate surface area is 194 Å². The van der Waals surface area contributed by atoms with Crippen LogP contribution in [0.15, 0.2) is 4.99 Å². The average molecular weight is 521 g/mol. The van der Waals surface area contributed by atoms with E-state index in [4.69, 9.17) is 0 Å². The summed E-state index contributed by atoms with van der Waals surface area (Å²) in [4.78, 5) is 23.7. The fourth-order valence-electron chi connectivity index (χ4n) is 4.39. The van der Waals surface area contributed by atoms with E-state index in [0.717, 1.165) is 57.4 Å². The third kappa shape index (κ3) is 8.57. The summed E-state index contributed by atoms with van der Waals surface area (Å²) in [5.74, 6) is 2.64. The van der Waals surface area contributed by atoms with E-state index in [1.807, 2.05) is 7.05 Å². The zero-order valence-electron chi connectivity index (χ0n) is 18.5. The van der Waals surface area contributed by atoms with Crippen LogP contribution in [0.4, 0.5) is 0 Å². The van der Waals surface area contributed by atoms with Crippen LogP contribution in [-0.4, -0.2) is 98.6 Å². The molecular formula is C21H41IN6O. The van der Waals surface area contributed by atoms with E-state index >= 15 is 0 Å². The van der Waals surface area contributed by atoms with Crippen molar-refractivity contribution in [2.24, 2.45) is 16.8 Å². The van der Waals surface area contributed by atoms with E-state index < -0.39 is 0 Å². The van der Waals surface area contributed by atoms with Crippen LogP contribution >= 0.6 is 24.0 Å². The summed E-state index contributed by atoms with van der Waals surface area (Å²) in [6.07, 6.45) is 4.91. The fraction of sp³-hybridized carbons (Fsp3) is 0.905. The van der Waals surface area contributed by atoms with E-state index in [-0.39, 0.29) is 29.9 Å². The number of hydrogen-bond donors (Lipinski definition) is 2. The van der Waals surface area contributed by atoms with Gasteiger partial charge in [0, 0.05) is 58.9 Å². The summed E-state index contributed by atoms with van der Waals surface area (Å²) in [5.41, 5.74) is 0. The maximum atomic E-state index is 12.0. The summed E-state index contributed by atoms with van der Waals surface area (Å²) >= 11 is 0. The first kappa shape index (κ1) is 24.7. The first-order chi connectivity index (χ1) is 13.5. The molecule has 1 unspecified atom stereocenters. The molecule has 0 radical (unpaired) electrons. The Morgan fingerprint density at radius 1 is 1.07 bits per heavy atom. The molecule has 0 aromatic rings. The third-order valence-electron chi connectivity index (χ3n) is 5.97. The lowest BCUT2D eigenvalue weighted by molar-refractivity contribution is -0.122. The highest BCUT2D eigenvalue weighted by molar-refractivity contribution is 14.0. The monoisotopic (exact) mass is 520 g/mol. The van der Waals surface area contributed by atoms with Crippen LogP contribution in [0.2, 0.25) is 0 Å². The van der Waals surface area contributed by atoms with Gasteiger partial charge in [-0.15, -0.1) is 24.0 Å². The lowest BCUT2D eigenvalue weighted by Gasteiger charge is -2.37. The molecule has 29 heavy (non-hydrogen) atoms. The predicted molar refractivity (Wildman–Crippen MR) is 130 cm³/mol. The van der Waals surface area contributed by atoms with Gasteiger partial charge in [0.2, 0.25) is 5.91 Å². The molecule has 1 atom stereocenters. The Kier molecular flexibility index (Phi) is 10.5. The Morgan fingerprint density at radius 2 is 1.79 bits per heavy atom. The number of piperidine rings is 1. The second-order valence-corrected chi connectivity index (χ2v) is 9.19. The van der Waals surface area contributed by atoms with Gasteiger partial charge in [0.15, 0.2) is 5.96 Å². The number of carbonyl (C=O) groups is 1. The Morgan fingerprint density at radius 3 is 2.41 bits per heavy atom. The molecule has 7 nitrogen and oxygen atoms in total. The fourth-order valence-corrected chi connectivity index (χ4v) is 4.39. The molecule has 3 fully saturated rings. The number of piperazine rings is 1. The normalized spacial score (nSPS) is 24.3. The van der Waals surface area contributed by atoms with Crippen LogP contribution in [0.3, 0.4) is 0 Å². The van der Waals surface area contributed by atoms with E-state index in [0.29, 0.717) is 18.5 Å². The van der Waals surface area contributed by atoms with Crippen molar-refractivity contribution < 1.29 is 4.79 Å². The lowest BCUT2D eigenvalue weighted by Crippen LogP contribution is -2.55. The molecule has 2 heterocycles. The van der Waals surface area contributed by atoms with Crippen molar-refractivity contribution in [3.05, 3.63) is 0 Å². The summed E-state index contributed by atoms with van der Waals surface area (Å²) in [7, 11) is 1.88. The van der Waals surface area contributed by atoms with Crippen LogP contribution in [-0.2, 0) is 4.79 Å². The SMILES string of the molecule is CN=C(NCC1CCCN(CC(C)C)C1)N1CCN(CC(=O)NC2CC2)CC1.I. The number of rotatable bonds is 7. The summed E-state index contributed by atoms with van der Waals surface area (Å²) in [5, 5.41) is 6.71. The smallest absolute Gasteiger partial charge is 0.234 e. The molecule has 2 saturated heterocycles. The topological polar surface area (TPSA) is 63.2 Å². The molecule has 1 saturated carbocycles. The van der Waals surface area contributed by atoms with E-state index in [9.17, 15) is 4.79 Å². The lowest BCUT2D eigenvalue weighted by atomic mass is 9.97. The van der Waals surface area contributed by atoms with Crippen molar-refractivity contribution in [2.75, 3.05) is 66.0 Å². The maximum Gasteiger partial charge on any atom is 0.234 e. The molecule has 168 valence electrons. The second-order valence-electron chi connectivity index (χ2n) is 9.19. The van der Waals surface area contributed by atoms with Crippen molar-refractivity contribution in [1.29, 1.82) is 0 Å². The zero-order chi connectivity index (χ0) is 19.9. The standard InChI is InChI=1S/C21H40N6O.HI/c1-17(2)14-26-8-4-5-18(15-26)13-23-21(22-3)27-11-9-25(10-12-27)16-20(28)24-19-6-7-19;/h17-19H,4-16H2,1-3H3,(H,22,23)(H,24,28);1H. The van der Waals surface area contributed by atoms with Crippen LogP contribution in [0.1, 0.15) is 39.5 Å². The Balaban J connectivity index is 0.00000300. The molecule has 0 bridgehead atoms. The van der Waals surface area contributed by atoms with Gasteiger partial charge >= 0.3 is 0 Å². The molecule has 2 aliphatic heterocycles. The maximum absolute atomic E-state index is 12.0. The third-order valence-corrected chi connectivity index (χ3v) is 5.97. The van der Waals surface area contributed by atoms with Crippen LogP contribution in [0.25, 0.3) is 0 Å². The first-order valence-electron chi connectivity index (χ1n) is 11.2. The number of nitrogens with zero attached hydrogens (tertiary/aromatic N) is 4. The number of likely N-dealkylation sites (tertiary alicyclic amines) is 1. The minimum Gasteiger partial charge on any atom is -0.356 e. The van der Waals surface area contributed by atoms with Crippen molar-refractivity contribution in [3.8, 4) is 0 Å². The molecule has 3 rings (SSSR count). The highest BCUT2D eigenvalue weighted by Gasteiger charge is 2.26. The van der Waals surface area contributed by atoms with Crippen LogP contribution in [0, 0.1) is 11.8 Å². The van der Waals surface area contributed by atoms with Crippen LogP contribution in [0.5, 0.6) is 0 Å². The molecule has 0 aromatic carbocycles. The number of amides is 1. The minimum atomic E-state index is 0. The molecule has 1 amide bonds. The number of guanidine groups is 1. The van der Waals surface area contributed by atoms with E-state index in [2.05, 4.69) is 44.2 Å². The zero-order valence-corrected chi connectivity index (χ0v) is 20.9. The minimum absolute atomic E-state index is 0. The summed E-state index contributed by atoms with van der Waals surface area (Å²) in [6, 6.07) is 0.452. The van der Waals surface area contributed by atoms with Crippen molar-refractivity contribution in [3.63, 3.8) is 0 Å². The summed E-state index contributed by atoms with van der Waals surface area (Å²) in [6.45, 7) is 13.5. The molecule has 3 aliphatic rings. The molecule has 0 aromatic heterocycles. The number of halogens is 1. The van der Waals surface area contributed by atoms with Gasteiger partial charge in [-0.25, -0.2) is 0 Å². The number of aliphatic imine (C=N–C) groups is 1. The Bertz CT molecular complexity index is 531. The highest BCUT2D eigenvalue weighted by atomic mass is 127. The second kappa shape index (κ2) is 12.3. The van der Waals surface area contributed by atoms with E-state index in [1.54, 1.807) is 0 Å². The average Bonchev–Trinajstić information content (AvgIpc) is 3.47. The highest BCUT2D eigenvalue weighted by Crippen LogP contribution is 2.18. The van der Waals surface area contributed by atoms with Gasteiger partial charge in [-0.2, -0.15) is 0 Å². The molecule has 2 N–H and O–H groups in total. The first-order valence-corrected chi connectivity index (χ1v) is 11.2. The van der Waals surface area contributed by atoms with Crippen LogP contribution < -0.4 is 10.6 Å².